The molecule has 0 aromatic carbocycles. The maximum atomic E-state index is 8.86. The van der Waals surface area contributed by atoms with E-state index in [2.05, 4.69) is 11.1 Å². The van der Waals surface area contributed by atoms with Gasteiger partial charge in [-0.3, -0.25) is 0 Å². The van der Waals surface area contributed by atoms with Crippen molar-refractivity contribution in [2.75, 3.05) is 0 Å². The first kappa shape index (κ1) is 8.73. The van der Waals surface area contributed by atoms with Gasteiger partial charge in [0, 0.05) is 6.20 Å². The van der Waals surface area contributed by atoms with Crippen LogP contribution < -0.4 is 5.73 Å². The Hall–Kier alpha value is -1.86. The summed E-state index contributed by atoms with van der Waals surface area (Å²) < 4.78 is 1.85. The van der Waals surface area contributed by atoms with Gasteiger partial charge < -0.3 is 10.1 Å². The van der Waals surface area contributed by atoms with Gasteiger partial charge in [0.1, 0.15) is 11.9 Å². The molecule has 0 aliphatic carbocycles. The predicted molar refractivity (Wildman–Crippen MR) is 52.5 cm³/mol. The van der Waals surface area contributed by atoms with Crippen molar-refractivity contribution in [2.45, 2.75) is 13.0 Å². The minimum Gasteiger partial charge on any atom is -0.322 e. The summed E-state index contributed by atoms with van der Waals surface area (Å²) in [5.41, 5.74) is 6.99. The highest BCUT2D eigenvalue weighted by atomic mass is 15.0. The highest BCUT2D eigenvalue weighted by Gasteiger charge is 2.12. The fourth-order valence-electron chi connectivity index (χ4n) is 1.47. The minimum atomic E-state index is -0.174. The molecule has 0 saturated carbocycles. The lowest BCUT2D eigenvalue weighted by Crippen LogP contribution is -2.09. The summed E-state index contributed by atoms with van der Waals surface area (Å²) in [6.45, 7) is 1.85. The molecular weight excluding hydrogens is 176 g/mol. The first-order valence-corrected chi connectivity index (χ1v) is 4.36. The van der Waals surface area contributed by atoms with Gasteiger partial charge in [0.25, 0.3) is 0 Å². The molecule has 2 aromatic heterocycles. The predicted octanol–water partition coefficient (Wildman–Crippen LogP) is 1.23. The van der Waals surface area contributed by atoms with E-state index >= 15 is 0 Å². The molecule has 14 heavy (non-hydrogen) atoms. The van der Waals surface area contributed by atoms with Gasteiger partial charge in [-0.1, -0.05) is 6.07 Å². The van der Waals surface area contributed by atoms with Gasteiger partial charge in [0.2, 0.25) is 0 Å². The first-order valence-electron chi connectivity index (χ1n) is 4.36. The molecule has 2 heterocycles. The summed E-state index contributed by atoms with van der Waals surface area (Å²) in [5.74, 6) is 0.720. The zero-order valence-electron chi connectivity index (χ0n) is 7.81. The number of imidazole rings is 1. The van der Waals surface area contributed by atoms with Crippen molar-refractivity contribution in [3.63, 3.8) is 0 Å². The second-order valence-corrected chi connectivity index (χ2v) is 3.17. The topological polar surface area (TPSA) is 67.1 Å². The van der Waals surface area contributed by atoms with Crippen LogP contribution >= 0.6 is 0 Å². The largest absolute Gasteiger partial charge is 0.322 e. The molecule has 4 nitrogen and oxygen atoms in total. The highest BCUT2D eigenvalue weighted by Crippen LogP contribution is 2.15. The van der Waals surface area contributed by atoms with Crippen molar-refractivity contribution in [1.82, 2.24) is 9.38 Å². The van der Waals surface area contributed by atoms with E-state index in [9.17, 15) is 0 Å². The molecule has 0 fully saturated rings. The van der Waals surface area contributed by atoms with Crippen molar-refractivity contribution >= 4 is 5.52 Å². The quantitative estimate of drug-likeness (QED) is 0.728. The van der Waals surface area contributed by atoms with E-state index < -0.39 is 0 Å². The van der Waals surface area contributed by atoms with E-state index in [0.29, 0.717) is 5.69 Å². The van der Waals surface area contributed by atoms with E-state index in [-0.39, 0.29) is 6.04 Å². The second kappa shape index (κ2) is 3.13. The van der Waals surface area contributed by atoms with Gasteiger partial charge in [-0.2, -0.15) is 5.26 Å². The lowest BCUT2D eigenvalue weighted by molar-refractivity contribution is 0.735. The number of hydrogen-bond acceptors (Lipinski definition) is 3. The zero-order chi connectivity index (χ0) is 10.1. The average Bonchev–Trinajstić information content (AvgIpc) is 2.56. The molecule has 2 aromatic rings. The van der Waals surface area contributed by atoms with Gasteiger partial charge in [0.15, 0.2) is 5.69 Å². The van der Waals surface area contributed by atoms with Gasteiger partial charge in [0.05, 0.1) is 11.6 Å². The minimum absolute atomic E-state index is 0.174. The van der Waals surface area contributed by atoms with Gasteiger partial charge in [-0.05, 0) is 19.1 Å². The van der Waals surface area contributed by atoms with Crippen LogP contribution in [0.4, 0.5) is 0 Å². The standard InChI is InChI=1S/C10H10N4/c1-7(12)10-13-8(6-11)9-4-2-3-5-14(9)10/h2-5,7H,12H2,1H3. The number of aromatic nitrogens is 2. The van der Waals surface area contributed by atoms with Gasteiger partial charge in [-0.25, -0.2) is 4.98 Å². The summed E-state index contributed by atoms with van der Waals surface area (Å²) >= 11 is 0. The number of nitriles is 1. The Morgan fingerprint density at radius 3 is 3.00 bits per heavy atom. The number of rotatable bonds is 1. The molecule has 1 atom stereocenters. The lowest BCUT2D eigenvalue weighted by atomic mass is 10.3. The Balaban J connectivity index is 2.82. The Kier molecular flexibility index (Phi) is 1.95. The monoisotopic (exact) mass is 186 g/mol. The molecule has 0 spiro atoms. The van der Waals surface area contributed by atoms with Crippen molar-refractivity contribution < 1.29 is 0 Å². The molecule has 1 unspecified atom stereocenters. The smallest absolute Gasteiger partial charge is 0.166 e. The fourth-order valence-corrected chi connectivity index (χ4v) is 1.47. The Morgan fingerprint density at radius 2 is 2.36 bits per heavy atom. The summed E-state index contributed by atoms with van der Waals surface area (Å²) in [6, 6.07) is 7.51. The SMILES string of the molecule is CC(N)c1nc(C#N)c2ccccn12. The van der Waals surface area contributed by atoms with E-state index in [4.69, 9.17) is 11.0 Å². The first-order chi connectivity index (χ1) is 6.74. The van der Waals surface area contributed by atoms with E-state index in [1.807, 2.05) is 35.7 Å². The number of pyridine rings is 1. The molecule has 2 rings (SSSR count). The molecule has 0 radical (unpaired) electrons. The third kappa shape index (κ3) is 1.15. The van der Waals surface area contributed by atoms with Gasteiger partial charge in [-0.15, -0.1) is 0 Å². The normalized spacial score (nSPS) is 12.6. The maximum absolute atomic E-state index is 8.86. The van der Waals surface area contributed by atoms with Crippen LogP contribution in [0.1, 0.15) is 24.5 Å². The van der Waals surface area contributed by atoms with E-state index in [1.54, 1.807) is 0 Å². The summed E-state index contributed by atoms with van der Waals surface area (Å²) in [6.07, 6.45) is 1.86. The molecule has 0 saturated heterocycles. The van der Waals surface area contributed by atoms with Crippen LogP contribution in [0, 0.1) is 11.3 Å². The van der Waals surface area contributed by atoms with Crippen molar-refractivity contribution in [2.24, 2.45) is 5.73 Å². The molecule has 0 bridgehead atoms. The van der Waals surface area contributed by atoms with Crippen LogP contribution in [0.2, 0.25) is 0 Å². The van der Waals surface area contributed by atoms with E-state index in [0.717, 1.165) is 11.3 Å². The Bertz CT molecular complexity index is 504. The lowest BCUT2D eigenvalue weighted by Gasteiger charge is -2.02. The number of nitrogens with two attached hydrogens (primary N) is 1. The van der Waals surface area contributed by atoms with Crippen LogP contribution in [0.5, 0.6) is 0 Å². The van der Waals surface area contributed by atoms with Crippen molar-refractivity contribution in [3.8, 4) is 6.07 Å². The Morgan fingerprint density at radius 1 is 1.57 bits per heavy atom. The third-order valence-corrected chi connectivity index (χ3v) is 2.09. The summed E-state index contributed by atoms with van der Waals surface area (Å²) in [5, 5.41) is 8.86. The van der Waals surface area contributed by atoms with Crippen molar-refractivity contribution in [1.29, 1.82) is 5.26 Å². The maximum Gasteiger partial charge on any atom is 0.166 e. The van der Waals surface area contributed by atoms with Crippen LogP contribution in [0.3, 0.4) is 0 Å². The van der Waals surface area contributed by atoms with Crippen LogP contribution in [-0.2, 0) is 0 Å². The van der Waals surface area contributed by atoms with Gasteiger partial charge >= 0.3 is 0 Å². The molecule has 70 valence electrons. The van der Waals surface area contributed by atoms with Crippen LogP contribution in [0.15, 0.2) is 24.4 Å². The average molecular weight is 186 g/mol. The fraction of sp³-hybridized carbons (Fsp3) is 0.200. The molecule has 0 aliphatic rings. The summed E-state index contributed by atoms with van der Waals surface area (Å²) in [7, 11) is 0. The highest BCUT2D eigenvalue weighted by molar-refractivity contribution is 5.58. The number of hydrogen-bond donors (Lipinski definition) is 1. The second-order valence-electron chi connectivity index (χ2n) is 3.17. The van der Waals surface area contributed by atoms with E-state index in [1.165, 1.54) is 0 Å². The molecule has 0 amide bonds. The molecule has 0 aliphatic heterocycles. The van der Waals surface area contributed by atoms with Crippen molar-refractivity contribution in [3.05, 3.63) is 35.9 Å². The molecular formula is C10H10N4. The van der Waals surface area contributed by atoms with Crippen LogP contribution in [-0.4, -0.2) is 9.38 Å². The number of fused-ring (bicyclic) bond motifs is 1. The molecule has 2 N–H and O–H groups in total. The third-order valence-electron chi connectivity index (χ3n) is 2.09. The van der Waals surface area contributed by atoms with Crippen LogP contribution in [0.25, 0.3) is 5.52 Å². The zero-order valence-corrected chi connectivity index (χ0v) is 7.81. The summed E-state index contributed by atoms with van der Waals surface area (Å²) in [4.78, 5) is 4.18. The number of nitrogens with zero attached hydrogens (tertiary/aromatic N) is 3. The Labute approximate surface area is 81.6 Å². The molecule has 4 heteroatoms.